The number of benzene rings is 2. The number of aromatic nitrogens is 2. The van der Waals surface area contributed by atoms with Gasteiger partial charge >= 0.3 is 0 Å². The van der Waals surface area contributed by atoms with E-state index >= 15 is 0 Å². The Balaban J connectivity index is 1.54. The van der Waals surface area contributed by atoms with Crippen LogP contribution in [0.5, 0.6) is 5.75 Å². The van der Waals surface area contributed by atoms with Crippen LogP contribution in [-0.4, -0.2) is 22.1 Å². The number of imidazole rings is 1. The monoisotopic (exact) mass is 431 g/mol. The lowest BCUT2D eigenvalue weighted by Crippen LogP contribution is -2.28. The molecule has 6 heteroatoms. The second-order valence-electron chi connectivity index (χ2n) is 7.23. The third kappa shape index (κ3) is 4.70. The van der Waals surface area contributed by atoms with Crippen LogP contribution in [0.2, 0.25) is 0 Å². The van der Waals surface area contributed by atoms with Gasteiger partial charge in [-0.25, -0.2) is 4.98 Å². The van der Waals surface area contributed by atoms with Crippen molar-refractivity contribution in [2.75, 3.05) is 6.61 Å². The van der Waals surface area contributed by atoms with Crippen molar-refractivity contribution in [2.24, 2.45) is 0 Å². The fraction of sp³-hybridized carbons (Fsp3) is 0.200. The zero-order valence-electron chi connectivity index (χ0n) is 17.5. The Labute approximate surface area is 186 Å². The Morgan fingerprint density at radius 1 is 1.19 bits per heavy atom. The van der Waals surface area contributed by atoms with E-state index in [4.69, 9.17) is 9.72 Å². The van der Waals surface area contributed by atoms with Gasteiger partial charge in [0.1, 0.15) is 18.2 Å². The number of nitrogens with zero attached hydrogens (tertiary/aromatic N) is 2. The smallest absolute Gasteiger partial charge is 0.261 e. The molecule has 0 saturated carbocycles. The summed E-state index contributed by atoms with van der Waals surface area (Å²) in [6, 6.07) is 19.5. The molecule has 5 nitrogen and oxygen atoms in total. The van der Waals surface area contributed by atoms with Crippen molar-refractivity contribution in [2.45, 2.75) is 25.9 Å². The quantitative estimate of drug-likeness (QED) is 0.361. The van der Waals surface area contributed by atoms with Gasteiger partial charge in [-0.15, -0.1) is 17.9 Å². The van der Waals surface area contributed by atoms with Gasteiger partial charge in [0.25, 0.3) is 5.91 Å². The molecule has 2 aromatic heterocycles. The average molecular weight is 432 g/mol. The van der Waals surface area contributed by atoms with Crippen LogP contribution in [0.3, 0.4) is 0 Å². The van der Waals surface area contributed by atoms with E-state index in [1.54, 1.807) is 0 Å². The first-order valence-electron chi connectivity index (χ1n) is 10.3. The number of amides is 1. The Morgan fingerprint density at radius 3 is 2.81 bits per heavy atom. The lowest BCUT2D eigenvalue weighted by atomic mass is 10.1. The lowest BCUT2D eigenvalue weighted by Gasteiger charge is -2.17. The summed E-state index contributed by atoms with van der Waals surface area (Å²) in [4.78, 5) is 18.0. The van der Waals surface area contributed by atoms with Crippen LogP contribution in [0, 0.1) is 0 Å². The highest BCUT2D eigenvalue weighted by Gasteiger charge is 2.19. The van der Waals surface area contributed by atoms with E-state index in [2.05, 4.69) is 22.5 Å². The van der Waals surface area contributed by atoms with Gasteiger partial charge in [0.05, 0.1) is 28.5 Å². The maximum absolute atomic E-state index is 12.5. The topological polar surface area (TPSA) is 56.1 Å². The van der Waals surface area contributed by atoms with Gasteiger partial charge in [-0.2, -0.15) is 0 Å². The predicted molar refractivity (Wildman–Crippen MR) is 126 cm³/mol. The Kier molecular flexibility index (Phi) is 6.48. The minimum absolute atomic E-state index is 0.0873. The van der Waals surface area contributed by atoms with Crippen LogP contribution in [-0.2, 0) is 13.0 Å². The summed E-state index contributed by atoms with van der Waals surface area (Å²) in [6.45, 7) is 6.90. The molecule has 1 amide bonds. The third-order valence-electron chi connectivity index (χ3n) is 5.07. The molecule has 1 unspecified atom stereocenters. The molecule has 4 aromatic rings. The van der Waals surface area contributed by atoms with Crippen LogP contribution >= 0.6 is 11.3 Å². The average Bonchev–Trinajstić information content (AvgIpc) is 3.44. The van der Waals surface area contributed by atoms with E-state index < -0.39 is 0 Å². The van der Waals surface area contributed by atoms with Crippen molar-refractivity contribution in [3.63, 3.8) is 0 Å². The largest absolute Gasteiger partial charge is 0.491 e. The maximum atomic E-state index is 12.5. The first kappa shape index (κ1) is 20.9. The number of carbonyl (C=O) groups is 1. The number of ether oxygens (including phenoxy) is 1. The zero-order valence-corrected chi connectivity index (χ0v) is 18.3. The number of rotatable bonds is 9. The molecule has 31 heavy (non-hydrogen) atoms. The normalized spacial score (nSPS) is 11.9. The number of fused-ring (bicyclic) bond motifs is 1. The number of hydrogen-bond acceptors (Lipinski definition) is 4. The summed E-state index contributed by atoms with van der Waals surface area (Å²) in [7, 11) is 0. The molecule has 0 aliphatic carbocycles. The van der Waals surface area contributed by atoms with Crippen molar-refractivity contribution in [1.29, 1.82) is 0 Å². The molecule has 2 heterocycles. The summed E-state index contributed by atoms with van der Waals surface area (Å²) >= 11 is 1.43. The van der Waals surface area contributed by atoms with Gasteiger partial charge in [-0.05, 0) is 48.6 Å². The summed E-state index contributed by atoms with van der Waals surface area (Å²) in [5.74, 6) is 1.59. The van der Waals surface area contributed by atoms with Crippen molar-refractivity contribution in [1.82, 2.24) is 14.9 Å². The molecular formula is C25H25N3O2S. The minimum atomic E-state index is -0.241. The highest BCUT2D eigenvalue weighted by Crippen LogP contribution is 2.23. The van der Waals surface area contributed by atoms with Crippen LogP contribution in [0.25, 0.3) is 11.0 Å². The van der Waals surface area contributed by atoms with E-state index in [0.29, 0.717) is 18.0 Å². The summed E-state index contributed by atoms with van der Waals surface area (Å²) in [6.07, 6.45) is 2.64. The van der Waals surface area contributed by atoms with Crippen LogP contribution in [0.4, 0.5) is 0 Å². The van der Waals surface area contributed by atoms with Gasteiger partial charge in [0.2, 0.25) is 0 Å². The summed E-state index contributed by atoms with van der Waals surface area (Å²) in [5.41, 5.74) is 3.05. The van der Waals surface area contributed by atoms with Crippen molar-refractivity contribution in [3.8, 4) is 5.75 Å². The summed E-state index contributed by atoms with van der Waals surface area (Å²) < 4.78 is 8.23. The van der Waals surface area contributed by atoms with E-state index in [-0.39, 0.29) is 11.9 Å². The van der Waals surface area contributed by atoms with Gasteiger partial charge in [-0.3, -0.25) is 4.79 Å². The molecule has 1 N–H and O–H groups in total. The Bertz CT molecular complexity index is 1180. The third-order valence-corrected chi connectivity index (χ3v) is 5.94. The second-order valence-corrected chi connectivity index (χ2v) is 8.18. The Morgan fingerprint density at radius 2 is 2.00 bits per heavy atom. The molecule has 0 aliphatic rings. The molecule has 2 aromatic carbocycles. The van der Waals surface area contributed by atoms with E-state index in [0.717, 1.165) is 34.6 Å². The number of nitrogens with one attached hydrogen (secondary N) is 1. The molecule has 0 bridgehead atoms. The highest BCUT2D eigenvalue weighted by molar-refractivity contribution is 7.12. The number of allylic oxidation sites excluding steroid dienone is 1. The fourth-order valence-corrected chi connectivity index (χ4v) is 4.24. The molecule has 0 fully saturated rings. The van der Waals surface area contributed by atoms with Crippen molar-refractivity contribution < 1.29 is 9.53 Å². The SMILES string of the molecule is C=CCc1ccccc1OCCn1c(C(C)NC(=O)c2cccs2)nc2ccccc21. The Hall–Kier alpha value is -3.38. The molecule has 0 aliphatic heterocycles. The molecule has 0 spiro atoms. The predicted octanol–water partition coefficient (Wildman–Crippen LogP) is 5.40. The molecule has 158 valence electrons. The van der Waals surface area contributed by atoms with Crippen LogP contribution < -0.4 is 10.1 Å². The molecule has 4 rings (SSSR count). The minimum Gasteiger partial charge on any atom is -0.491 e. The second kappa shape index (κ2) is 9.62. The van der Waals surface area contributed by atoms with E-state index in [1.807, 2.05) is 73.0 Å². The summed E-state index contributed by atoms with van der Waals surface area (Å²) in [5, 5.41) is 4.97. The lowest BCUT2D eigenvalue weighted by molar-refractivity contribution is 0.0941. The number of carbonyl (C=O) groups excluding carboxylic acids is 1. The van der Waals surface area contributed by atoms with Crippen LogP contribution in [0.1, 0.15) is 34.0 Å². The van der Waals surface area contributed by atoms with Gasteiger partial charge in [0.15, 0.2) is 0 Å². The number of para-hydroxylation sites is 3. The zero-order chi connectivity index (χ0) is 21.6. The molecule has 1 atom stereocenters. The van der Waals surface area contributed by atoms with Gasteiger partial charge in [0, 0.05) is 0 Å². The van der Waals surface area contributed by atoms with Gasteiger partial charge < -0.3 is 14.6 Å². The fourth-order valence-electron chi connectivity index (χ4n) is 3.62. The molecule has 0 radical (unpaired) electrons. The van der Waals surface area contributed by atoms with E-state index in [1.165, 1.54) is 11.3 Å². The first-order chi connectivity index (χ1) is 15.2. The number of hydrogen-bond donors (Lipinski definition) is 1. The maximum Gasteiger partial charge on any atom is 0.261 e. The number of thiophene rings is 1. The van der Waals surface area contributed by atoms with Crippen LogP contribution in [0.15, 0.2) is 78.7 Å². The first-order valence-corrected chi connectivity index (χ1v) is 11.2. The van der Waals surface area contributed by atoms with Crippen molar-refractivity contribution in [3.05, 3.63) is 95.0 Å². The highest BCUT2D eigenvalue weighted by atomic mass is 32.1. The van der Waals surface area contributed by atoms with E-state index in [9.17, 15) is 4.79 Å². The standard InChI is InChI=1S/C25H25N3O2S/c1-3-9-19-10-4-7-13-22(19)30-16-15-28-21-12-6-5-11-20(21)27-24(28)18(2)26-25(29)23-14-8-17-31-23/h3-8,10-14,17-18H,1,9,15-16H2,2H3,(H,26,29). The van der Waals surface area contributed by atoms with Crippen molar-refractivity contribution >= 4 is 28.3 Å². The molecule has 0 saturated heterocycles. The van der Waals surface area contributed by atoms with Gasteiger partial charge in [-0.1, -0.05) is 42.5 Å². The molecular weight excluding hydrogens is 406 g/mol.